The van der Waals surface area contributed by atoms with E-state index in [1.54, 1.807) is 18.0 Å². The zero-order valence-corrected chi connectivity index (χ0v) is 14.1. The van der Waals surface area contributed by atoms with Crippen LogP contribution in [-0.2, 0) is 16.1 Å². The molecule has 1 atom stereocenters. The first-order chi connectivity index (χ1) is 11.5. The smallest absolute Gasteiger partial charge is 0.310 e. The van der Waals surface area contributed by atoms with E-state index < -0.39 is 5.92 Å². The third-order valence-corrected chi connectivity index (χ3v) is 3.60. The highest BCUT2D eigenvalue weighted by Crippen LogP contribution is 2.12. The lowest BCUT2D eigenvalue weighted by Gasteiger charge is -2.25. The van der Waals surface area contributed by atoms with E-state index in [0.29, 0.717) is 6.54 Å². The molecule has 1 unspecified atom stereocenters. The van der Waals surface area contributed by atoms with E-state index in [9.17, 15) is 9.59 Å². The number of benzene rings is 1. The van der Waals surface area contributed by atoms with Crippen LogP contribution in [0.2, 0.25) is 0 Å². The van der Waals surface area contributed by atoms with E-state index in [4.69, 9.17) is 4.74 Å². The first-order valence-corrected chi connectivity index (χ1v) is 7.71. The highest BCUT2D eigenvalue weighted by Gasteiger charge is 2.23. The van der Waals surface area contributed by atoms with Gasteiger partial charge < -0.3 is 9.64 Å². The molecule has 1 amide bonds. The number of esters is 1. The molecule has 24 heavy (non-hydrogen) atoms. The fourth-order valence-electron chi connectivity index (χ4n) is 2.29. The molecule has 6 nitrogen and oxygen atoms in total. The van der Waals surface area contributed by atoms with Crippen LogP contribution in [0.15, 0.2) is 42.7 Å². The molecule has 2 aromatic rings. The molecular formula is C18H21N3O3. The van der Waals surface area contributed by atoms with E-state index in [-0.39, 0.29) is 24.1 Å². The maximum atomic E-state index is 12.8. The molecule has 0 aliphatic heterocycles. The summed E-state index contributed by atoms with van der Waals surface area (Å²) in [4.78, 5) is 34.3. The Balaban J connectivity index is 2.22. The molecule has 0 saturated heterocycles. The number of methoxy groups -OCH3 is 1. The summed E-state index contributed by atoms with van der Waals surface area (Å²) in [6.07, 6.45) is 3.01. The Kier molecular flexibility index (Phi) is 6.01. The number of hydrogen-bond acceptors (Lipinski definition) is 5. The third kappa shape index (κ3) is 4.62. The highest BCUT2D eigenvalue weighted by atomic mass is 16.5. The Morgan fingerprint density at radius 1 is 1.17 bits per heavy atom. The minimum atomic E-state index is -0.430. The number of ether oxygens (including phenoxy) is 1. The van der Waals surface area contributed by atoms with Crippen LogP contribution in [-0.4, -0.2) is 40.4 Å². The van der Waals surface area contributed by atoms with E-state index in [2.05, 4.69) is 9.97 Å². The van der Waals surface area contributed by atoms with Crippen LogP contribution in [0.3, 0.4) is 0 Å². The van der Waals surface area contributed by atoms with Gasteiger partial charge in [-0.15, -0.1) is 0 Å². The van der Waals surface area contributed by atoms with Crippen LogP contribution >= 0.6 is 0 Å². The lowest BCUT2D eigenvalue weighted by Crippen LogP contribution is -2.37. The third-order valence-electron chi connectivity index (χ3n) is 3.60. The summed E-state index contributed by atoms with van der Waals surface area (Å²) in [5.74, 6) is -1.04. The molecule has 0 N–H and O–H groups in total. The summed E-state index contributed by atoms with van der Waals surface area (Å²) in [6.45, 7) is 4.17. The van der Waals surface area contributed by atoms with Crippen molar-refractivity contribution in [1.82, 2.24) is 14.9 Å². The number of aromatic nitrogens is 2. The van der Waals surface area contributed by atoms with Gasteiger partial charge in [-0.3, -0.25) is 14.6 Å². The maximum absolute atomic E-state index is 12.8. The Labute approximate surface area is 141 Å². The van der Waals surface area contributed by atoms with E-state index in [0.717, 1.165) is 11.3 Å². The second-order valence-corrected chi connectivity index (χ2v) is 5.64. The molecule has 0 spiro atoms. The summed E-state index contributed by atoms with van der Waals surface area (Å²) in [6, 6.07) is 9.60. The zero-order chi connectivity index (χ0) is 17.5. The van der Waals surface area contributed by atoms with Gasteiger partial charge in [-0.05, 0) is 12.5 Å². The van der Waals surface area contributed by atoms with Crippen LogP contribution in [0.25, 0.3) is 0 Å². The van der Waals surface area contributed by atoms with Gasteiger partial charge in [0.25, 0.3) is 5.91 Å². The quantitative estimate of drug-likeness (QED) is 0.761. The molecule has 0 saturated carbocycles. The first kappa shape index (κ1) is 17.6. The average Bonchev–Trinajstić information content (AvgIpc) is 2.61. The molecule has 126 valence electrons. The number of amides is 1. The fraction of sp³-hybridized carbons (Fsp3) is 0.333. The predicted molar refractivity (Wildman–Crippen MR) is 89.1 cm³/mol. The summed E-state index contributed by atoms with van der Waals surface area (Å²) in [7, 11) is 1.34. The lowest BCUT2D eigenvalue weighted by molar-refractivity contribution is -0.145. The van der Waals surface area contributed by atoms with Crippen molar-refractivity contribution in [3.05, 3.63) is 59.7 Å². The van der Waals surface area contributed by atoms with Crippen LogP contribution in [0.5, 0.6) is 0 Å². The minimum Gasteiger partial charge on any atom is -0.469 e. The van der Waals surface area contributed by atoms with Gasteiger partial charge in [0.05, 0.1) is 24.9 Å². The van der Waals surface area contributed by atoms with Crippen molar-refractivity contribution in [2.45, 2.75) is 20.4 Å². The Hall–Kier alpha value is -2.76. The summed E-state index contributed by atoms with van der Waals surface area (Å²) >= 11 is 0. The predicted octanol–water partition coefficient (Wildman–Crippen LogP) is 2.24. The van der Waals surface area contributed by atoms with Gasteiger partial charge in [0.1, 0.15) is 5.69 Å². The molecule has 0 bridgehead atoms. The molecule has 0 fully saturated rings. The van der Waals surface area contributed by atoms with Crippen LogP contribution in [0.1, 0.15) is 28.7 Å². The molecule has 1 heterocycles. The molecule has 1 aromatic heterocycles. The largest absolute Gasteiger partial charge is 0.469 e. The number of carbonyl (C=O) groups is 2. The van der Waals surface area contributed by atoms with Crippen molar-refractivity contribution in [3.8, 4) is 0 Å². The van der Waals surface area contributed by atoms with Crippen molar-refractivity contribution in [2.75, 3.05) is 13.7 Å². The van der Waals surface area contributed by atoms with Crippen LogP contribution < -0.4 is 0 Å². The van der Waals surface area contributed by atoms with Crippen molar-refractivity contribution in [1.29, 1.82) is 0 Å². The molecule has 6 heteroatoms. The molecule has 1 aromatic carbocycles. The van der Waals surface area contributed by atoms with Gasteiger partial charge in [0, 0.05) is 19.3 Å². The Morgan fingerprint density at radius 3 is 2.46 bits per heavy atom. The summed E-state index contributed by atoms with van der Waals surface area (Å²) in [5, 5.41) is 0. The number of rotatable bonds is 6. The van der Waals surface area contributed by atoms with Crippen molar-refractivity contribution in [2.24, 2.45) is 5.92 Å². The van der Waals surface area contributed by atoms with Gasteiger partial charge in [-0.2, -0.15) is 0 Å². The van der Waals surface area contributed by atoms with E-state index in [1.807, 2.05) is 37.3 Å². The second-order valence-electron chi connectivity index (χ2n) is 5.64. The molecule has 0 aliphatic rings. The average molecular weight is 327 g/mol. The van der Waals surface area contributed by atoms with Crippen molar-refractivity contribution < 1.29 is 14.3 Å². The second kappa shape index (κ2) is 8.19. The molecule has 0 aliphatic carbocycles. The monoisotopic (exact) mass is 327 g/mol. The zero-order valence-electron chi connectivity index (χ0n) is 14.1. The van der Waals surface area contributed by atoms with Gasteiger partial charge in [-0.25, -0.2) is 4.98 Å². The first-order valence-electron chi connectivity index (χ1n) is 7.71. The number of aryl methyl sites for hydroxylation is 1. The van der Waals surface area contributed by atoms with Crippen LogP contribution in [0.4, 0.5) is 0 Å². The van der Waals surface area contributed by atoms with E-state index >= 15 is 0 Å². The number of hydrogen-bond donors (Lipinski definition) is 0. The lowest BCUT2D eigenvalue weighted by atomic mass is 10.1. The molecule has 0 radical (unpaired) electrons. The number of nitrogens with zero attached hydrogens (tertiary/aromatic N) is 3. The Bertz CT molecular complexity index is 686. The SMILES string of the molecule is COC(=O)C(C)CN(Cc1ccccc1)C(=O)c1cnc(C)cn1. The van der Waals surface area contributed by atoms with Crippen LogP contribution in [0, 0.1) is 12.8 Å². The van der Waals surface area contributed by atoms with Crippen molar-refractivity contribution in [3.63, 3.8) is 0 Å². The minimum absolute atomic E-state index is 0.246. The summed E-state index contributed by atoms with van der Waals surface area (Å²) in [5.41, 5.74) is 1.97. The normalized spacial score (nSPS) is 11.6. The Morgan fingerprint density at radius 2 is 1.88 bits per heavy atom. The number of carbonyl (C=O) groups excluding carboxylic acids is 2. The van der Waals surface area contributed by atoms with Gasteiger partial charge >= 0.3 is 5.97 Å². The molecule has 2 rings (SSSR count). The van der Waals surface area contributed by atoms with Crippen molar-refractivity contribution >= 4 is 11.9 Å². The standard InChI is InChI=1S/C18H21N3O3/c1-13(18(23)24-3)11-21(12-15-7-5-4-6-8-15)17(22)16-10-19-14(2)9-20-16/h4-10,13H,11-12H2,1-3H3. The summed E-state index contributed by atoms with van der Waals surface area (Å²) < 4.78 is 4.76. The maximum Gasteiger partial charge on any atom is 0.310 e. The topological polar surface area (TPSA) is 72.4 Å². The highest BCUT2D eigenvalue weighted by molar-refractivity contribution is 5.92. The fourth-order valence-corrected chi connectivity index (χ4v) is 2.29. The van der Waals surface area contributed by atoms with Gasteiger partial charge in [-0.1, -0.05) is 37.3 Å². The van der Waals surface area contributed by atoms with E-state index in [1.165, 1.54) is 13.3 Å². The molecular weight excluding hydrogens is 306 g/mol. The van der Waals surface area contributed by atoms with Gasteiger partial charge in [0.2, 0.25) is 0 Å². The van der Waals surface area contributed by atoms with Gasteiger partial charge in [0.15, 0.2) is 0 Å².